The Balaban J connectivity index is 2.73. The van der Waals surface area contributed by atoms with Gasteiger partial charge >= 0.3 is 5.69 Å². The van der Waals surface area contributed by atoms with Crippen molar-refractivity contribution >= 4 is 23.2 Å². The quantitative estimate of drug-likeness (QED) is 0.692. The first kappa shape index (κ1) is 12.9. The number of para-hydroxylation sites is 1. The molecule has 6 heteroatoms. The number of H-pyrrole nitrogens is 1. The Bertz CT molecular complexity index is 662. The number of hydrogen-bond acceptors (Lipinski definition) is 2. The second kappa shape index (κ2) is 5.42. The fourth-order valence-corrected chi connectivity index (χ4v) is 2.11. The van der Waals surface area contributed by atoms with Crippen molar-refractivity contribution < 1.29 is 0 Å². The van der Waals surface area contributed by atoms with E-state index >= 15 is 0 Å². The highest BCUT2D eigenvalue weighted by atomic mass is 35.5. The molecule has 0 bridgehead atoms. The van der Waals surface area contributed by atoms with Crippen LogP contribution < -0.4 is 11.2 Å². The highest BCUT2D eigenvalue weighted by Crippen LogP contribution is 2.09. The molecule has 0 spiro atoms. The number of nitrogens with one attached hydrogen (secondary N) is 1. The summed E-state index contributed by atoms with van der Waals surface area (Å²) in [6.07, 6.45) is 0.308. The van der Waals surface area contributed by atoms with Crippen LogP contribution in [0.5, 0.6) is 0 Å². The fourth-order valence-electron chi connectivity index (χ4n) is 1.67. The molecule has 0 aliphatic carbocycles. The first-order valence-corrected chi connectivity index (χ1v) is 6.21. The van der Waals surface area contributed by atoms with Crippen molar-refractivity contribution in [3.05, 3.63) is 61.9 Å². The lowest BCUT2D eigenvalue weighted by Crippen LogP contribution is -2.36. The van der Waals surface area contributed by atoms with Gasteiger partial charge in [-0.1, -0.05) is 29.8 Å². The first-order valence-electron chi connectivity index (χ1n) is 5.30. The molecule has 0 amide bonds. The first-order chi connectivity index (χ1) is 8.65. The Morgan fingerprint density at radius 3 is 2.44 bits per heavy atom. The standard InChI is InChI=1S/C12H10Cl2N2O2/c13-7-6-9-10(14)15-12(18)16(11(9)17)8-4-2-1-3-5-8/h1-5H,6-7H2,(H,15,18). The van der Waals surface area contributed by atoms with Crippen molar-refractivity contribution in [2.24, 2.45) is 0 Å². The van der Waals surface area contributed by atoms with E-state index in [1.165, 1.54) is 0 Å². The molecule has 1 heterocycles. The molecule has 0 aliphatic heterocycles. The van der Waals surface area contributed by atoms with Crippen LogP contribution in [0.3, 0.4) is 0 Å². The number of aromatic nitrogens is 2. The van der Waals surface area contributed by atoms with Crippen molar-refractivity contribution in [3.8, 4) is 5.69 Å². The molecule has 0 saturated heterocycles. The van der Waals surface area contributed by atoms with E-state index in [1.54, 1.807) is 30.3 Å². The molecule has 18 heavy (non-hydrogen) atoms. The zero-order chi connectivity index (χ0) is 13.1. The van der Waals surface area contributed by atoms with E-state index in [4.69, 9.17) is 23.2 Å². The number of nitrogens with zero attached hydrogens (tertiary/aromatic N) is 1. The van der Waals surface area contributed by atoms with Crippen LogP contribution in [0.2, 0.25) is 5.15 Å². The van der Waals surface area contributed by atoms with E-state index < -0.39 is 11.2 Å². The Kier molecular flexibility index (Phi) is 3.89. The minimum atomic E-state index is -0.561. The van der Waals surface area contributed by atoms with Gasteiger partial charge in [-0.2, -0.15) is 0 Å². The number of rotatable bonds is 3. The van der Waals surface area contributed by atoms with Crippen molar-refractivity contribution in [3.63, 3.8) is 0 Å². The van der Waals surface area contributed by atoms with Crippen molar-refractivity contribution in [2.45, 2.75) is 6.42 Å². The summed E-state index contributed by atoms with van der Waals surface area (Å²) >= 11 is 11.5. The lowest BCUT2D eigenvalue weighted by molar-refractivity contribution is 0.843. The highest BCUT2D eigenvalue weighted by Gasteiger charge is 2.13. The summed E-state index contributed by atoms with van der Waals surface area (Å²) in [6, 6.07) is 8.65. The van der Waals surface area contributed by atoms with Crippen LogP contribution in [-0.4, -0.2) is 15.4 Å². The molecule has 4 nitrogen and oxygen atoms in total. The predicted octanol–water partition coefficient (Wildman–Crippen LogP) is 1.96. The minimum absolute atomic E-state index is 0.0535. The van der Waals surface area contributed by atoms with Crippen molar-refractivity contribution in [2.75, 3.05) is 5.88 Å². The van der Waals surface area contributed by atoms with E-state index in [-0.39, 0.29) is 11.0 Å². The Morgan fingerprint density at radius 2 is 1.83 bits per heavy atom. The zero-order valence-electron chi connectivity index (χ0n) is 9.32. The van der Waals surface area contributed by atoms with Crippen LogP contribution in [0.25, 0.3) is 5.69 Å². The summed E-state index contributed by atoms with van der Waals surface area (Å²) in [5, 5.41) is 0.0535. The Labute approximate surface area is 113 Å². The second-order valence-electron chi connectivity index (χ2n) is 3.64. The largest absolute Gasteiger partial charge is 0.334 e. The number of halogens is 2. The maximum Gasteiger partial charge on any atom is 0.334 e. The Hall–Kier alpha value is -1.52. The summed E-state index contributed by atoms with van der Waals surface area (Å²) in [6.45, 7) is 0. The summed E-state index contributed by atoms with van der Waals surface area (Å²) in [4.78, 5) is 26.5. The summed E-state index contributed by atoms with van der Waals surface area (Å²) in [5.41, 5.74) is -0.184. The van der Waals surface area contributed by atoms with Crippen LogP contribution in [0, 0.1) is 0 Å². The molecule has 0 fully saturated rings. The molecule has 2 rings (SSSR count). The molecule has 0 saturated carbocycles. The van der Waals surface area contributed by atoms with E-state index in [1.807, 2.05) is 0 Å². The number of aromatic amines is 1. The minimum Gasteiger partial charge on any atom is -0.297 e. The smallest absolute Gasteiger partial charge is 0.297 e. The van der Waals surface area contributed by atoms with Crippen LogP contribution in [0.4, 0.5) is 0 Å². The highest BCUT2D eigenvalue weighted by molar-refractivity contribution is 6.30. The van der Waals surface area contributed by atoms with Gasteiger partial charge < -0.3 is 0 Å². The van der Waals surface area contributed by atoms with Crippen LogP contribution in [0.15, 0.2) is 39.9 Å². The molecule has 0 aliphatic rings. The summed E-state index contributed by atoms with van der Waals surface area (Å²) in [5.74, 6) is 0.260. The third-order valence-corrected chi connectivity index (χ3v) is 3.02. The van der Waals surface area contributed by atoms with E-state index in [2.05, 4.69) is 4.98 Å². The average Bonchev–Trinajstić information content (AvgIpc) is 2.35. The monoisotopic (exact) mass is 284 g/mol. The molecule has 1 N–H and O–H groups in total. The van der Waals surface area contributed by atoms with Gasteiger partial charge in [0.2, 0.25) is 0 Å². The normalized spacial score (nSPS) is 10.6. The molecule has 1 aromatic heterocycles. The topological polar surface area (TPSA) is 54.9 Å². The summed E-state index contributed by atoms with van der Waals surface area (Å²) < 4.78 is 1.05. The van der Waals surface area contributed by atoms with Gasteiger partial charge in [0, 0.05) is 5.88 Å². The van der Waals surface area contributed by atoms with Gasteiger partial charge in [0.25, 0.3) is 5.56 Å². The fraction of sp³-hybridized carbons (Fsp3) is 0.167. The summed E-state index contributed by atoms with van der Waals surface area (Å²) in [7, 11) is 0. The zero-order valence-corrected chi connectivity index (χ0v) is 10.8. The SMILES string of the molecule is O=c1[nH]c(Cl)c(CCCl)c(=O)n1-c1ccccc1. The van der Waals surface area contributed by atoms with Crippen LogP contribution >= 0.6 is 23.2 Å². The van der Waals surface area contributed by atoms with Gasteiger partial charge in [0.1, 0.15) is 5.15 Å². The second-order valence-corrected chi connectivity index (χ2v) is 4.39. The molecule has 2 aromatic rings. The molecule has 0 unspecified atom stereocenters. The molecule has 94 valence electrons. The third-order valence-electron chi connectivity index (χ3n) is 2.50. The van der Waals surface area contributed by atoms with Gasteiger partial charge in [-0.3, -0.25) is 9.78 Å². The van der Waals surface area contributed by atoms with E-state index in [0.29, 0.717) is 17.7 Å². The van der Waals surface area contributed by atoms with Crippen molar-refractivity contribution in [1.82, 2.24) is 9.55 Å². The molecular weight excluding hydrogens is 275 g/mol. The van der Waals surface area contributed by atoms with Gasteiger partial charge in [0.15, 0.2) is 0 Å². The number of benzene rings is 1. The Morgan fingerprint density at radius 1 is 1.17 bits per heavy atom. The average molecular weight is 285 g/mol. The van der Waals surface area contributed by atoms with Crippen molar-refractivity contribution in [1.29, 1.82) is 0 Å². The van der Waals surface area contributed by atoms with E-state index in [9.17, 15) is 9.59 Å². The predicted molar refractivity (Wildman–Crippen MR) is 72.1 cm³/mol. The van der Waals surface area contributed by atoms with Crippen LogP contribution in [-0.2, 0) is 6.42 Å². The van der Waals surface area contributed by atoms with Gasteiger partial charge in [-0.05, 0) is 18.6 Å². The lowest BCUT2D eigenvalue weighted by atomic mass is 10.2. The lowest BCUT2D eigenvalue weighted by Gasteiger charge is -2.07. The van der Waals surface area contributed by atoms with Gasteiger partial charge in [-0.15, -0.1) is 11.6 Å². The maximum absolute atomic E-state index is 12.2. The van der Waals surface area contributed by atoms with Crippen LogP contribution in [0.1, 0.15) is 5.56 Å². The van der Waals surface area contributed by atoms with Gasteiger partial charge in [-0.25, -0.2) is 9.36 Å². The maximum atomic E-state index is 12.2. The molecule has 1 aromatic carbocycles. The third kappa shape index (κ3) is 2.35. The molecule has 0 radical (unpaired) electrons. The molecule has 0 atom stereocenters. The number of hydrogen-bond donors (Lipinski definition) is 1. The van der Waals surface area contributed by atoms with E-state index in [0.717, 1.165) is 4.57 Å². The number of alkyl halides is 1. The van der Waals surface area contributed by atoms with Gasteiger partial charge in [0.05, 0.1) is 11.3 Å². The molecular formula is C12H10Cl2N2O2.